The van der Waals surface area contributed by atoms with Crippen molar-refractivity contribution in [1.29, 1.82) is 0 Å². The van der Waals surface area contributed by atoms with Crippen LogP contribution in [0.15, 0.2) is 12.4 Å². The number of halogens is 1. The minimum absolute atomic E-state index is 0.0492. The Kier molecular flexibility index (Phi) is 3.40. The van der Waals surface area contributed by atoms with Gasteiger partial charge in [-0.15, -0.1) is 0 Å². The first-order chi connectivity index (χ1) is 5.83. The fourth-order valence-corrected chi connectivity index (χ4v) is 0.638. The Hall–Kier alpha value is -1.23. The molecule has 0 unspecified atom stereocenters. The molecule has 0 aliphatic heterocycles. The van der Waals surface area contributed by atoms with E-state index in [0.717, 1.165) is 12.4 Å². The molecule has 66 valence electrons. The highest BCUT2D eigenvalue weighted by atomic mass is 19.1. The largest absolute Gasteiger partial charge is 0.477 e. The Balaban J connectivity index is 2.41. The highest BCUT2D eigenvalue weighted by Gasteiger charge is 1.97. The molecule has 0 bridgehead atoms. The molecule has 0 aliphatic rings. The first-order valence-corrected chi connectivity index (χ1v) is 3.54. The molecule has 0 saturated heterocycles. The monoisotopic (exact) mass is 172 g/mol. The van der Waals surface area contributed by atoms with Crippen molar-refractivity contribution in [3.8, 4) is 5.88 Å². The van der Waals surface area contributed by atoms with E-state index < -0.39 is 5.95 Å². The van der Waals surface area contributed by atoms with E-state index in [-0.39, 0.29) is 12.5 Å². The van der Waals surface area contributed by atoms with Crippen LogP contribution >= 0.6 is 0 Å². The lowest BCUT2D eigenvalue weighted by Gasteiger charge is -2.01. The van der Waals surface area contributed by atoms with Gasteiger partial charge in [0.1, 0.15) is 6.33 Å². The van der Waals surface area contributed by atoms with Gasteiger partial charge in [0.15, 0.2) is 0 Å². The van der Waals surface area contributed by atoms with Gasteiger partial charge in [-0.25, -0.2) is 9.97 Å². The molecule has 1 N–H and O–H groups in total. The molecule has 0 saturated carbocycles. The molecule has 1 aromatic rings. The fourth-order valence-electron chi connectivity index (χ4n) is 0.638. The molecule has 1 rings (SSSR count). The molecule has 0 aromatic carbocycles. The van der Waals surface area contributed by atoms with Gasteiger partial charge in [0.2, 0.25) is 11.8 Å². The number of nitrogens with zero attached hydrogens (tertiary/aromatic N) is 2. The lowest BCUT2D eigenvalue weighted by Crippen LogP contribution is -2.01. The lowest BCUT2D eigenvalue weighted by atomic mass is 10.5. The summed E-state index contributed by atoms with van der Waals surface area (Å²) in [5.74, 6) is -0.431. The van der Waals surface area contributed by atoms with Gasteiger partial charge in [0.05, 0.1) is 12.7 Å². The van der Waals surface area contributed by atoms with E-state index in [1.54, 1.807) is 0 Å². The van der Waals surface area contributed by atoms with Crippen molar-refractivity contribution < 1.29 is 14.2 Å². The summed E-state index contributed by atoms with van der Waals surface area (Å²) in [5, 5.41) is 8.41. The zero-order valence-electron chi connectivity index (χ0n) is 6.40. The summed E-state index contributed by atoms with van der Waals surface area (Å²) in [6.45, 7) is 0.376. The second-order valence-electron chi connectivity index (χ2n) is 2.10. The summed E-state index contributed by atoms with van der Waals surface area (Å²) >= 11 is 0. The molecule has 0 aliphatic carbocycles. The van der Waals surface area contributed by atoms with Crippen molar-refractivity contribution in [3.05, 3.63) is 18.3 Å². The van der Waals surface area contributed by atoms with Crippen LogP contribution in [0.3, 0.4) is 0 Å². The zero-order chi connectivity index (χ0) is 8.81. The fraction of sp³-hybridized carbons (Fsp3) is 0.429. The van der Waals surface area contributed by atoms with Gasteiger partial charge in [0.25, 0.3) is 0 Å². The van der Waals surface area contributed by atoms with Crippen molar-refractivity contribution >= 4 is 0 Å². The molecule has 1 aromatic heterocycles. The van der Waals surface area contributed by atoms with Gasteiger partial charge in [-0.3, -0.25) is 0 Å². The number of aliphatic hydroxyl groups excluding tert-OH is 1. The van der Waals surface area contributed by atoms with Gasteiger partial charge in [0, 0.05) is 13.0 Å². The Labute approximate surface area is 69.0 Å². The van der Waals surface area contributed by atoms with E-state index in [0.29, 0.717) is 13.0 Å². The van der Waals surface area contributed by atoms with Gasteiger partial charge in [-0.1, -0.05) is 0 Å². The smallest absolute Gasteiger partial charge is 0.219 e. The lowest BCUT2D eigenvalue weighted by molar-refractivity contribution is 0.228. The predicted octanol–water partition coefficient (Wildman–Crippen LogP) is 0.377. The molecule has 4 nitrogen and oxygen atoms in total. The topological polar surface area (TPSA) is 55.2 Å². The summed E-state index contributed by atoms with van der Waals surface area (Å²) in [5.41, 5.74) is 0. The predicted molar refractivity (Wildman–Crippen MR) is 39.2 cm³/mol. The summed E-state index contributed by atoms with van der Waals surface area (Å²) in [4.78, 5) is 6.92. The van der Waals surface area contributed by atoms with E-state index >= 15 is 0 Å². The third-order valence-electron chi connectivity index (χ3n) is 1.16. The summed E-state index contributed by atoms with van der Waals surface area (Å²) in [6, 6.07) is 1.09. The molecule has 0 fully saturated rings. The van der Waals surface area contributed by atoms with Crippen molar-refractivity contribution in [1.82, 2.24) is 9.97 Å². The molecular formula is C7H9FN2O2. The number of ether oxygens (including phenoxy) is 1. The highest BCUT2D eigenvalue weighted by Crippen LogP contribution is 2.04. The Bertz CT molecular complexity index is 245. The first-order valence-electron chi connectivity index (χ1n) is 3.54. The second kappa shape index (κ2) is 4.61. The van der Waals surface area contributed by atoms with E-state index in [9.17, 15) is 4.39 Å². The van der Waals surface area contributed by atoms with Crippen LogP contribution in [0.25, 0.3) is 0 Å². The summed E-state index contributed by atoms with van der Waals surface area (Å²) < 4.78 is 17.4. The summed E-state index contributed by atoms with van der Waals surface area (Å²) in [6.07, 6.45) is 1.59. The Morgan fingerprint density at radius 3 is 3.00 bits per heavy atom. The molecule has 12 heavy (non-hydrogen) atoms. The standard InChI is InChI=1S/C7H9FN2O2/c8-6-4-7(10-5-9-6)12-3-1-2-11/h4-5,11H,1-3H2. The summed E-state index contributed by atoms with van der Waals surface area (Å²) in [7, 11) is 0. The molecule has 0 amide bonds. The Morgan fingerprint density at radius 1 is 1.50 bits per heavy atom. The van der Waals surface area contributed by atoms with Crippen LogP contribution < -0.4 is 4.74 Å². The average Bonchev–Trinajstić information content (AvgIpc) is 2.05. The quantitative estimate of drug-likeness (QED) is 0.526. The van der Waals surface area contributed by atoms with Crippen LogP contribution in [-0.2, 0) is 0 Å². The Morgan fingerprint density at radius 2 is 2.33 bits per heavy atom. The van der Waals surface area contributed by atoms with E-state index in [1.807, 2.05) is 0 Å². The third kappa shape index (κ3) is 2.79. The van der Waals surface area contributed by atoms with E-state index in [4.69, 9.17) is 9.84 Å². The molecular weight excluding hydrogens is 163 g/mol. The maximum Gasteiger partial charge on any atom is 0.219 e. The maximum absolute atomic E-state index is 12.4. The van der Waals surface area contributed by atoms with Crippen molar-refractivity contribution in [2.24, 2.45) is 0 Å². The van der Waals surface area contributed by atoms with Gasteiger partial charge < -0.3 is 9.84 Å². The van der Waals surface area contributed by atoms with E-state index in [2.05, 4.69) is 9.97 Å². The van der Waals surface area contributed by atoms with Crippen LogP contribution in [0.1, 0.15) is 6.42 Å². The molecule has 0 spiro atoms. The van der Waals surface area contributed by atoms with Gasteiger partial charge >= 0.3 is 0 Å². The zero-order valence-corrected chi connectivity index (χ0v) is 6.40. The molecule has 5 heteroatoms. The van der Waals surface area contributed by atoms with Crippen LogP contribution in [0, 0.1) is 5.95 Å². The average molecular weight is 172 g/mol. The van der Waals surface area contributed by atoms with Crippen LogP contribution in [0.2, 0.25) is 0 Å². The minimum atomic E-state index is -0.621. The number of hydrogen-bond donors (Lipinski definition) is 1. The van der Waals surface area contributed by atoms with Crippen molar-refractivity contribution in [2.45, 2.75) is 6.42 Å². The van der Waals surface area contributed by atoms with Gasteiger partial charge in [-0.2, -0.15) is 4.39 Å². The number of rotatable bonds is 4. The second-order valence-corrected chi connectivity index (χ2v) is 2.10. The number of aromatic nitrogens is 2. The van der Waals surface area contributed by atoms with E-state index in [1.165, 1.54) is 0 Å². The normalized spacial score (nSPS) is 9.83. The third-order valence-corrected chi connectivity index (χ3v) is 1.16. The first kappa shape index (κ1) is 8.86. The van der Waals surface area contributed by atoms with Crippen molar-refractivity contribution in [2.75, 3.05) is 13.2 Å². The van der Waals surface area contributed by atoms with Gasteiger partial charge in [-0.05, 0) is 0 Å². The maximum atomic E-state index is 12.4. The van der Waals surface area contributed by atoms with Crippen LogP contribution in [0.4, 0.5) is 4.39 Å². The molecule has 1 heterocycles. The molecule has 0 radical (unpaired) electrons. The number of aliphatic hydroxyl groups is 1. The molecule has 0 atom stereocenters. The van der Waals surface area contributed by atoms with Crippen LogP contribution in [-0.4, -0.2) is 28.3 Å². The highest BCUT2D eigenvalue weighted by molar-refractivity contribution is 5.05. The SMILES string of the molecule is OCCCOc1cc(F)ncn1. The van der Waals surface area contributed by atoms with Crippen LogP contribution in [0.5, 0.6) is 5.88 Å². The minimum Gasteiger partial charge on any atom is -0.477 e. The number of hydrogen-bond acceptors (Lipinski definition) is 4. The van der Waals surface area contributed by atoms with Crippen molar-refractivity contribution in [3.63, 3.8) is 0 Å².